The zero-order valence-corrected chi connectivity index (χ0v) is 9.24. The van der Waals surface area contributed by atoms with E-state index < -0.39 is 18.4 Å². The third kappa shape index (κ3) is 3.03. The number of amides is 1. The largest absolute Gasteiger partial charge is 0.389 e. The Kier molecular flexibility index (Phi) is 3.73. The van der Waals surface area contributed by atoms with Crippen LogP contribution in [0.15, 0.2) is 30.3 Å². The monoisotopic (exact) mass is 237 g/mol. The Hall–Kier alpha value is -1.43. The molecular formula is C12H15NO4. The summed E-state index contributed by atoms with van der Waals surface area (Å²) >= 11 is 0. The lowest BCUT2D eigenvalue weighted by atomic mass is 10.0. The molecule has 0 aliphatic carbocycles. The molecule has 0 bridgehead atoms. The molecule has 1 amide bonds. The minimum atomic E-state index is -0.931. The minimum absolute atomic E-state index is 0.0287. The van der Waals surface area contributed by atoms with Gasteiger partial charge in [-0.05, 0) is 12.1 Å². The van der Waals surface area contributed by atoms with Crippen molar-refractivity contribution in [2.24, 2.45) is 0 Å². The first-order valence-electron chi connectivity index (χ1n) is 5.50. The number of hydrogen-bond acceptors (Lipinski definition) is 4. The van der Waals surface area contributed by atoms with E-state index in [-0.39, 0.29) is 18.9 Å². The van der Waals surface area contributed by atoms with Gasteiger partial charge in [-0.1, -0.05) is 18.2 Å². The first kappa shape index (κ1) is 12.0. The van der Waals surface area contributed by atoms with Crippen molar-refractivity contribution in [3.05, 3.63) is 35.9 Å². The molecule has 0 saturated carbocycles. The molecule has 0 radical (unpaired) electrons. The van der Waals surface area contributed by atoms with Gasteiger partial charge in [0.25, 0.3) is 5.91 Å². The molecular weight excluding hydrogens is 222 g/mol. The Morgan fingerprint density at radius 1 is 1.29 bits per heavy atom. The molecule has 92 valence electrons. The highest BCUT2D eigenvalue weighted by atomic mass is 16.6. The Morgan fingerprint density at radius 3 is 2.71 bits per heavy atom. The predicted molar refractivity (Wildman–Crippen MR) is 60.3 cm³/mol. The predicted octanol–water partition coefficient (Wildman–Crippen LogP) is -0.115. The SMILES string of the molecule is O=C(N[C@H]1C[C@H](O)OC[C@H]1O)c1ccccc1. The van der Waals surface area contributed by atoms with Gasteiger partial charge in [0.15, 0.2) is 6.29 Å². The van der Waals surface area contributed by atoms with Crippen LogP contribution >= 0.6 is 0 Å². The Labute approximate surface area is 99.0 Å². The highest BCUT2D eigenvalue weighted by Gasteiger charge is 2.30. The van der Waals surface area contributed by atoms with Gasteiger partial charge in [0.2, 0.25) is 0 Å². The summed E-state index contributed by atoms with van der Waals surface area (Å²) in [6.07, 6.45) is -1.52. The molecule has 17 heavy (non-hydrogen) atoms. The van der Waals surface area contributed by atoms with E-state index in [1.807, 2.05) is 6.07 Å². The fraction of sp³-hybridized carbons (Fsp3) is 0.417. The zero-order chi connectivity index (χ0) is 12.3. The van der Waals surface area contributed by atoms with Crippen LogP contribution in [0.3, 0.4) is 0 Å². The van der Waals surface area contributed by atoms with Crippen molar-refractivity contribution in [3.8, 4) is 0 Å². The van der Waals surface area contributed by atoms with Crippen LogP contribution < -0.4 is 5.32 Å². The summed E-state index contributed by atoms with van der Waals surface area (Å²) in [6.45, 7) is 0.0287. The third-order valence-electron chi connectivity index (χ3n) is 2.73. The molecule has 1 fully saturated rings. The molecule has 3 atom stereocenters. The van der Waals surface area contributed by atoms with Crippen molar-refractivity contribution in [1.82, 2.24) is 5.32 Å². The number of nitrogens with one attached hydrogen (secondary N) is 1. The van der Waals surface area contributed by atoms with E-state index in [9.17, 15) is 15.0 Å². The Balaban J connectivity index is 1.98. The average Bonchev–Trinajstić information content (AvgIpc) is 2.35. The molecule has 1 aromatic rings. The number of ether oxygens (including phenoxy) is 1. The van der Waals surface area contributed by atoms with E-state index >= 15 is 0 Å². The van der Waals surface area contributed by atoms with Crippen LogP contribution in [0.4, 0.5) is 0 Å². The number of aliphatic hydroxyl groups is 2. The summed E-state index contributed by atoms with van der Waals surface area (Å²) in [7, 11) is 0. The van der Waals surface area contributed by atoms with Crippen LogP contribution in [0.1, 0.15) is 16.8 Å². The number of carbonyl (C=O) groups is 1. The number of carbonyl (C=O) groups excluding carboxylic acids is 1. The lowest BCUT2D eigenvalue weighted by molar-refractivity contribution is -0.165. The van der Waals surface area contributed by atoms with Crippen molar-refractivity contribution < 1.29 is 19.7 Å². The van der Waals surface area contributed by atoms with Gasteiger partial charge in [-0.15, -0.1) is 0 Å². The molecule has 1 heterocycles. The Morgan fingerprint density at radius 2 is 2.00 bits per heavy atom. The van der Waals surface area contributed by atoms with Gasteiger partial charge in [0.1, 0.15) is 0 Å². The summed E-state index contributed by atoms with van der Waals surface area (Å²) in [6, 6.07) is 8.26. The van der Waals surface area contributed by atoms with E-state index in [1.54, 1.807) is 24.3 Å². The molecule has 5 heteroatoms. The molecule has 1 saturated heterocycles. The maximum Gasteiger partial charge on any atom is 0.251 e. The van der Waals surface area contributed by atoms with Gasteiger partial charge < -0.3 is 20.3 Å². The summed E-state index contributed by atoms with van der Waals surface area (Å²) in [5, 5.41) is 21.6. The smallest absolute Gasteiger partial charge is 0.251 e. The first-order valence-corrected chi connectivity index (χ1v) is 5.50. The number of aliphatic hydroxyl groups excluding tert-OH is 2. The second-order valence-corrected chi connectivity index (χ2v) is 4.04. The molecule has 5 nitrogen and oxygen atoms in total. The fourth-order valence-corrected chi connectivity index (χ4v) is 1.76. The first-order chi connectivity index (χ1) is 8.16. The maximum atomic E-state index is 11.8. The second kappa shape index (κ2) is 5.27. The van der Waals surface area contributed by atoms with Gasteiger partial charge in [-0.3, -0.25) is 4.79 Å². The van der Waals surface area contributed by atoms with Crippen molar-refractivity contribution in [1.29, 1.82) is 0 Å². The van der Waals surface area contributed by atoms with Gasteiger partial charge in [0, 0.05) is 12.0 Å². The summed E-state index contributed by atoms with van der Waals surface area (Å²) in [5.74, 6) is -0.260. The molecule has 0 unspecified atom stereocenters. The fourth-order valence-electron chi connectivity index (χ4n) is 1.76. The number of benzene rings is 1. The highest BCUT2D eigenvalue weighted by molar-refractivity contribution is 5.94. The van der Waals surface area contributed by atoms with E-state index in [2.05, 4.69) is 5.32 Å². The summed E-state index contributed by atoms with van der Waals surface area (Å²) in [4.78, 5) is 11.8. The van der Waals surface area contributed by atoms with Gasteiger partial charge >= 0.3 is 0 Å². The van der Waals surface area contributed by atoms with Gasteiger partial charge in [-0.2, -0.15) is 0 Å². The average molecular weight is 237 g/mol. The van der Waals surface area contributed by atoms with Crippen molar-refractivity contribution >= 4 is 5.91 Å². The van der Waals surface area contributed by atoms with Crippen LogP contribution in [0.25, 0.3) is 0 Å². The summed E-state index contributed by atoms with van der Waals surface area (Å²) in [5.41, 5.74) is 0.528. The van der Waals surface area contributed by atoms with Crippen LogP contribution in [-0.2, 0) is 4.74 Å². The van der Waals surface area contributed by atoms with Crippen molar-refractivity contribution in [2.75, 3.05) is 6.61 Å². The maximum absolute atomic E-state index is 11.8. The normalized spacial score (nSPS) is 28.7. The molecule has 3 N–H and O–H groups in total. The molecule has 1 aliphatic heterocycles. The van der Waals surface area contributed by atoms with Crippen LogP contribution in [0.2, 0.25) is 0 Å². The van der Waals surface area contributed by atoms with Crippen molar-refractivity contribution in [2.45, 2.75) is 24.9 Å². The summed E-state index contributed by atoms with van der Waals surface area (Å²) < 4.78 is 4.86. The van der Waals surface area contributed by atoms with Crippen LogP contribution in [0, 0.1) is 0 Å². The quantitative estimate of drug-likeness (QED) is 0.670. The van der Waals surface area contributed by atoms with Gasteiger partial charge in [-0.25, -0.2) is 0 Å². The minimum Gasteiger partial charge on any atom is -0.389 e. The standard InChI is InChI=1S/C12H15NO4/c14-10-7-17-11(15)6-9(10)13-12(16)8-4-2-1-3-5-8/h1-5,9-11,14-15H,6-7H2,(H,13,16)/t9-,10+,11+/m0/s1. The van der Waals surface area contributed by atoms with Gasteiger partial charge in [0.05, 0.1) is 18.8 Å². The van der Waals surface area contributed by atoms with E-state index in [1.165, 1.54) is 0 Å². The highest BCUT2D eigenvalue weighted by Crippen LogP contribution is 2.13. The zero-order valence-electron chi connectivity index (χ0n) is 9.24. The van der Waals surface area contributed by atoms with E-state index in [0.29, 0.717) is 5.56 Å². The molecule has 0 aromatic heterocycles. The molecule has 1 aromatic carbocycles. The van der Waals surface area contributed by atoms with Crippen LogP contribution in [-0.4, -0.2) is 41.2 Å². The number of hydrogen-bond donors (Lipinski definition) is 3. The molecule has 2 rings (SSSR count). The Bertz CT molecular complexity index is 381. The molecule has 0 spiro atoms. The van der Waals surface area contributed by atoms with E-state index in [4.69, 9.17) is 4.74 Å². The van der Waals surface area contributed by atoms with Crippen LogP contribution in [0.5, 0.6) is 0 Å². The lowest BCUT2D eigenvalue weighted by Gasteiger charge is -2.31. The lowest BCUT2D eigenvalue weighted by Crippen LogP contribution is -2.51. The second-order valence-electron chi connectivity index (χ2n) is 4.04. The third-order valence-corrected chi connectivity index (χ3v) is 2.73. The topological polar surface area (TPSA) is 78.8 Å². The molecule has 1 aliphatic rings. The van der Waals surface area contributed by atoms with E-state index in [0.717, 1.165) is 0 Å². The number of rotatable bonds is 2. The van der Waals surface area contributed by atoms with Crippen molar-refractivity contribution in [3.63, 3.8) is 0 Å².